The first-order valence-corrected chi connectivity index (χ1v) is 8.36. The van der Waals surface area contributed by atoms with Crippen LogP contribution in [0.2, 0.25) is 0 Å². The van der Waals surface area contributed by atoms with Crippen molar-refractivity contribution in [2.45, 2.75) is 25.9 Å². The van der Waals surface area contributed by atoms with Gasteiger partial charge in [-0.1, -0.05) is 12.1 Å². The molecule has 1 unspecified atom stereocenters. The first-order chi connectivity index (χ1) is 11.7. The molecule has 6 nitrogen and oxygen atoms in total. The number of para-hydroxylation sites is 1. The van der Waals surface area contributed by atoms with Crippen molar-refractivity contribution in [3.8, 4) is 0 Å². The summed E-state index contributed by atoms with van der Waals surface area (Å²) in [6, 6.07) is 6.21. The molecular formula is C18H21N5O. The van der Waals surface area contributed by atoms with Crippen LogP contribution in [0.3, 0.4) is 0 Å². The number of aliphatic hydroxyl groups excluding tert-OH is 1. The van der Waals surface area contributed by atoms with Gasteiger partial charge in [0, 0.05) is 30.9 Å². The fourth-order valence-electron chi connectivity index (χ4n) is 3.56. The molecule has 3 heterocycles. The summed E-state index contributed by atoms with van der Waals surface area (Å²) in [5, 5.41) is 11.6. The number of imidazole rings is 1. The highest BCUT2D eigenvalue weighted by molar-refractivity contribution is 5.91. The number of aryl methyl sites for hydroxylation is 1. The molecule has 3 aromatic rings. The number of benzene rings is 1. The molecule has 124 valence electrons. The van der Waals surface area contributed by atoms with Crippen LogP contribution in [0.1, 0.15) is 30.3 Å². The number of rotatable bonds is 3. The van der Waals surface area contributed by atoms with Crippen molar-refractivity contribution in [2.24, 2.45) is 5.92 Å². The predicted octanol–water partition coefficient (Wildman–Crippen LogP) is 2.61. The highest BCUT2D eigenvalue weighted by Gasteiger charge is 2.28. The zero-order valence-corrected chi connectivity index (χ0v) is 13.7. The maximum atomic E-state index is 10.5. The summed E-state index contributed by atoms with van der Waals surface area (Å²) in [4.78, 5) is 18.4. The van der Waals surface area contributed by atoms with Crippen molar-refractivity contribution >= 4 is 16.7 Å². The predicted molar refractivity (Wildman–Crippen MR) is 92.8 cm³/mol. The summed E-state index contributed by atoms with van der Waals surface area (Å²) in [5.74, 6) is 1.88. The Morgan fingerprint density at radius 1 is 1.21 bits per heavy atom. The van der Waals surface area contributed by atoms with E-state index in [-0.39, 0.29) is 5.92 Å². The molecule has 1 aliphatic rings. The first-order valence-electron chi connectivity index (χ1n) is 8.36. The van der Waals surface area contributed by atoms with Crippen LogP contribution in [0.4, 0.5) is 5.82 Å². The number of piperidine rings is 1. The number of fused-ring (bicyclic) bond motifs is 1. The summed E-state index contributed by atoms with van der Waals surface area (Å²) < 4.78 is 0. The Balaban J connectivity index is 1.53. The van der Waals surface area contributed by atoms with Crippen molar-refractivity contribution in [2.75, 3.05) is 18.0 Å². The summed E-state index contributed by atoms with van der Waals surface area (Å²) in [6.07, 6.45) is 6.39. The number of H-pyrrole nitrogens is 1. The Morgan fingerprint density at radius 3 is 2.79 bits per heavy atom. The van der Waals surface area contributed by atoms with Gasteiger partial charge in [-0.15, -0.1) is 0 Å². The van der Waals surface area contributed by atoms with Crippen molar-refractivity contribution in [1.82, 2.24) is 19.9 Å². The van der Waals surface area contributed by atoms with Crippen LogP contribution in [-0.4, -0.2) is 38.1 Å². The number of aliphatic hydroxyl groups is 1. The molecule has 2 aromatic heterocycles. The van der Waals surface area contributed by atoms with Crippen LogP contribution in [0.15, 0.2) is 36.9 Å². The number of aromatic nitrogens is 4. The molecule has 1 saturated heterocycles. The second kappa shape index (κ2) is 6.20. The van der Waals surface area contributed by atoms with E-state index in [1.807, 2.05) is 0 Å². The van der Waals surface area contributed by atoms with E-state index in [9.17, 15) is 5.11 Å². The number of nitrogens with zero attached hydrogens (tertiary/aromatic N) is 4. The third-order valence-electron chi connectivity index (χ3n) is 4.93. The van der Waals surface area contributed by atoms with Crippen LogP contribution >= 0.6 is 0 Å². The van der Waals surface area contributed by atoms with Gasteiger partial charge in [-0.25, -0.2) is 15.0 Å². The number of hydrogen-bond donors (Lipinski definition) is 2. The van der Waals surface area contributed by atoms with Crippen LogP contribution in [0.5, 0.6) is 0 Å². The minimum atomic E-state index is -0.522. The molecule has 0 bridgehead atoms. The van der Waals surface area contributed by atoms with E-state index < -0.39 is 6.10 Å². The normalized spacial score (nSPS) is 17.3. The molecule has 1 aliphatic heterocycles. The topological polar surface area (TPSA) is 77.9 Å². The molecule has 0 aliphatic carbocycles. The smallest absolute Gasteiger partial charge is 0.139 e. The maximum Gasteiger partial charge on any atom is 0.139 e. The number of nitrogens with one attached hydrogen (secondary N) is 1. The molecule has 2 N–H and O–H groups in total. The Labute approximate surface area is 140 Å². The monoisotopic (exact) mass is 323 g/mol. The van der Waals surface area contributed by atoms with E-state index in [4.69, 9.17) is 0 Å². The molecule has 0 saturated carbocycles. The standard InChI is InChI=1S/C18H21N5O/c1-12-3-2-4-14-15(12)21-11-22-18(14)23-9-5-13(6-10-23)16(24)17-19-7-8-20-17/h2-4,7-8,11,13,16,24H,5-6,9-10H2,1H3,(H,19,20). The van der Waals surface area contributed by atoms with Crippen molar-refractivity contribution in [1.29, 1.82) is 0 Å². The van der Waals surface area contributed by atoms with Gasteiger partial charge in [0.25, 0.3) is 0 Å². The van der Waals surface area contributed by atoms with Gasteiger partial charge >= 0.3 is 0 Å². The summed E-state index contributed by atoms with van der Waals surface area (Å²) in [7, 11) is 0. The lowest BCUT2D eigenvalue weighted by Gasteiger charge is -2.34. The average molecular weight is 323 g/mol. The lowest BCUT2D eigenvalue weighted by molar-refractivity contribution is 0.0856. The van der Waals surface area contributed by atoms with E-state index in [2.05, 4.69) is 50.0 Å². The summed E-state index contributed by atoms with van der Waals surface area (Å²) >= 11 is 0. The second-order valence-electron chi connectivity index (χ2n) is 6.41. The highest BCUT2D eigenvalue weighted by atomic mass is 16.3. The van der Waals surface area contributed by atoms with E-state index in [0.717, 1.165) is 42.7 Å². The van der Waals surface area contributed by atoms with Gasteiger partial charge in [0.1, 0.15) is 24.1 Å². The third-order valence-corrected chi connectivity index (χ3v) is 4.93. The van der Waals surface area contributed by atoms with Gasteiger partial charge in [0.05, 0.1) is 5.52 Å². The van der Waals surface area contributed by atoms with Gasteiger partial charge in [-0.2, -0.15) is 0 Å². The van der Waals surface area contributed by atoms with Crippen LogP contribution in [0.25, 0.3) is 10.9 Å². The Morgan fingerprint density at radius 2 is 2.04 bits per heavy atom. The molecule has 4 rings (SSSR count). The second-order valence-corrected chi connectivity index (χ2v) is 6.41. The van der Waals surface area contributed by atoms with Crippen LogP contribution in [0, 0.1) is 12.8 Å². The molecule has 1 fully saturated rings. The number of hydrogen-bond acceptors (Lipinski definition) is 5. The van der Waals surface area contributed by atoms with Crippen molar-refractivity contribution in [3.63, 3.8) is 0 Å². The molecule has 0 amide bonds. The molecule has 0 radical (unpaired) electrons. The average Bonchev–Trinajstić information content (AvgIpc) is 3.16. The van der Waals surface area contributed by atoms with Crippen molar-refractivity contribution in [3.05, 3.63) is 48.3 Å². The third kappa shape index (κ3) is 2.63. The SMILES string of the molecule is Cc1cccc2c(N3CCC(C(O)c4ncc[nH]4)CC3)ncnc12. The molecule has 1 aromatic carbocycles. The van der Waals surface area contributed by atoms with Gasteiger partial charge in [-0.05, 0) is 37.3 Å². The molecule has 1 atom stereocenters. The Kier molecular flexibility index (Phi) is 3.90. The van der Waals surface area contributed by atoms with Crippen LogP contribution in [-0.2, 0) is 0 Å². The zero-order valence-electron chi connectivity index (χ0n) is 13.7. The zero-order chi connectivity index (χ0) is 16.5. The van der Waals surface area contributed by atoms with Crippen molar-refractivity contribution < 1.29 is 5.11 Å². The molecule has 0 spiro atoms. The van der Waals surface area contributed by atoms with E-state index in [0.29, 0.717) is 5.82 Å². The minimum absolute atomic E-state index is 0.224. The fraction of sp³-hybridized carbons (Fsp3) is 0.389. The lowest BCUT2D eigenvalue weighted by atomic mass is 9.90. The number of aromatic amines is 1. The van der Waals surface area contributed by atoms with Gasteiger partial charge in [0.15, 0.2) is 0 Å². The first kappa shape index (κ1) is 15.1. The Hall–Kier alpha value is -2.47. The lowest BCUT2D eigenvalue weighted by Crippen LogP contribution is -2.36. The van der Waals surface area contributed by atoms with E-state index in [1.165, 1.54) is 5.56 Å². The van der Waals surface area contributed by atoms with Gasteiger partial charge < -0.3 is 15.0 Å². The summed E-state index contributed by atoms with van der Waals surface area (Å²) in [5.41, 5.74) is 2.18. The largest absolute Gasteiger partial charge is 0.385 e. The Bertz CT molecular complexity index is 825. The van der Waals surface area contributed by atoms with Gasteiger partial charge in [0.2, 0.25) is 0 Å². The quantitative estimate of drug-likeness (QED) is 0.775. The number of anilines is 1. The molecular weight excluding hydrogens is 302 g/mol. The summed E-state index contributed by atoms with van der Waals surface area (Å²) in [6.45, 7) is 3.83. The van der Waals surface area contributed by atoms with E-state index in [1.54, 1.807) is 18.7 Å². The fourth-order valence-corrected chi connectivity index (χ4v) is 3.56. The maximum absolute atomic E-state index is 10.5. The molecule has 6 heteroatoms. The highest BCUT2D eigenvalue weighted by Crippen LogP contribution is 2.32. The van der Waals surface area contributed by atoms with Gasteiger partial charge in [-0.3, -0.25) is 0 Å². The molecule has 24 heavy (non-hydrogen) atoms. The minimum Gasteiger partial charge on any atom is -0.385 e. The van der Waals surface area contributed by atoms with E-state index >= 15 is 0 Å². The van der Waals surface area contributed by atoms with Crippen LogP contribution < -0.4 is 4.90 Å².